The second-order valence-corrected chi connectivity index (χ2v) is 8.81. The standard InChI is InChI=1S/C20H28O2/c1-18-9-6-14(21)12-13(18)4-5-15-16(18)7-10-19(2)17(15)8-11-20(19,3)22/h7,12,15,17,22H,4-6,8-11H2,1-3H3/t15-,17+,18+,19+,20+/m0/s1. The van der Waals surface area contributed by atoms with E-state index in [4.69, 9.17) is 0 Å². The fraction of sp³-hybridized carbons (Fsp3) is 0.750. The molecule has 4 aliphatic carbocycles. The van der Waals surface area contributed by atoms with E-state index in [0.29, 0.717) is 24.0 Å². The molecule has 120 valence electrons. The summed E-state index contributed by atoms with van der Waals surface area (Å²) < 4.78 is 0. The molecular weight excluding hydrogens is 272 g/mol. The number of ketones is 1. The van der Waals surface area contributed by atoms with Crippen LogP contribution in [0.4, 0.5) is 0 Å². The normalized spacial score (nSPS) is 50.6. The first-order chi connectivity index (χ1) is 10.3. The van der Waals surface area contributed by atoms with Crippen molar-refractivity contribution in [2.75, 3.05) is 0 Å². The van der Waals surface area contributed by atoms with Crippen LogP contribution >= 0.6 is 0 Å². The summed E-state index contributed by atoms with van der Waals surface area (Å²) >= 11 is 0. The molecule has 5 atom stereocenters. The fourth-order valence-corrected chi connectivity index (χ4v) is 6.09. The van der Waals surface area contributed by atoms with E-state index < -0.39 is 5.60 Å². The summed E-state index contributed by atoms with van der Waals surface area (Å²) in [6.45, 7) is 6.70. The number of carbonyl (C=O) groups is 1. The smallest absolute Gasteiger partial charge is 0.155 e. The number of hydrogen-bond acceptors (Lipinski definition) is 2. The zero-order chi connectivity index (χ0) is 15.8. The van der Waals surface area contributed by atoms with Gasteiger partial charge in [-0.15, -0.1) is 0 Å². The molecule has 0 spiro atoms. The monoisotopic (exact) mass is 300 g/mol. The van der Waals surface area contributed by atoms with Crippen molar-refractivity contribution in [2.24, 2.45) is 22.7 Å². The highest BCUT2D eigenvalue weighted by molar-refractivity contribution is 5.92. The lowest BCUT2D eigenvalue weighted by Gasteiger charge is -2.54. The van der Waals surface area contributed by atoms with Gasteiger partial charge in [0, 0.05) is 17.3 Å². The Bertz CT molecular complexity index is 597. The Kier molecular flexibility index (Phi) is 2.90. The molecule has 2 fully saturated rings. The van der Waals surface area contributed by atoms with Gasteiger partial charge in [0.05, 0.1) is 5.60 Å². The molecule has 0 aromatic rings. The predicted molar refractivity (Wildman–Crippen MR) is 87.3 cm³/mol. The first-order valence-electron chi connectivity index (χ1n) is 8.95. The highest BCUT2D eigenvalue weighted by Gasteiger charge is 2.59. The van der Waals surface area contributed by atoms with Gasteiger partial charge >= 0.3 is 0 Å². The molecule has 0 bridgehead atoms. The van der Waals surface area contributed by atoms with Crippen molar-refractivity contribution >= 4 is 5.78 Å². The maximum absolute atomic E-state index is 11.8. The predicted octanol–water partition coefficient (Wildman–Crippen LogP) is 4.19. The van der Waals surface area contributed by atoms with Gasteiger partial charge in [0.15, 0.2) is 5.78 Å². The Labute approximate surface area is 133 Å². The van der Waals surface area contributed by atoms with Gasteiger partial charge in [-0.25, -0.2) is 0 Å². The number of allylic oxidation sites excluding steroid dienone is 4. The number of fused-ring (bicyclic) bond motifs is 5. The highest BCUT2D eigenvalue weighted by atomic mass is 16.3. The van der Waals surface area contributed by atoms with Gasteiger partial charge < -0.3 is 5.11 Å². The zero-order valence-corrected chi connectivity index (χ0v) is 14.1. The largest absolute Gasteiger partial charge is 0.390 e. The second-order valence-electron chi connectivity index (χ2n) is 8.81. The maximum Gasteiger partial charge on any atom is 0.155 e. The summed E-state index contributed by atoms with van der Waals surface area (Å²) in [5.41, 5.74) is 2.59. The molecular formula is C20H28O2. The van der Waals surface area contributed by atoms with Gasteiger partial charge in [-0.05, 0) is 63.4 Å². The van der Waals surface area contributed by atoms with E-state index in [1.807, 2.05) is 13.0 Å². The number of hydrogen-bond donors (Lipinski definition) is 1. The van der Waals surface area contributed by atoms with E-state index in [9.17, 15) is 9.90 Å². The summed E-state index contributed by atoms with van der Waals surface area (Å²) in [4.78, 5) is 11.8. The van der Waals surface area contributed by atoms with Gasteiger partial charge in [0.1, 0.15) is 0 Å². The van der Waals surface area contributed by atoms with Crippen molar-refractivity contribution in [3.05, 3.63) is 23.3 Å². The van der Waals surface area contributed by atoms with Crippen LogP contribution in [-0.4, -0.2) is 16.5 Å². The molecule has 2 saturated carbocycles. The Morgan fingerprint density at radius 3 is 2.68 bits per heavy atom. The Hall–Kier alpha value is -0.890. The van der Waals surface area contributed by atoms with Gasteiger partial charge in [0.2, 0.25) is 0 Å². The first kappa shape index (κ1) is 14.7. The van der Waals surface area contributed by atoms with Gasteiger partial charge in [0.25, 0.3) is 0 Å². The van der Waals surface area contributed by atoms with Crippen molar-refractivity contribution < 1.29 is 9.90 Å². The molecule has 4 rings (SSSR count). The van der Waals surface area contributed by atoms with E-state index >= 15 is 0 Å². The summed E-state index contributed by atoms with van der Waals surface area (Å²) in [5, 5.41) is 10.9. The summed E-state index contributed by atoms with van der Waals surface area (Å²) in [7, 11) is 0. The molecule has 0 aromatic heterocycles. The van der Waals surface area contributed by atoms with Crippen molar-refractivity contribution in [2.45, 2.75) is 71.3 Å². The topological polar surface area (TPSA) is 37.3 Å². The molecule has 0 aromatic carbocycles. The number of carbonyl (C=O) groups excluding carboxylic acids is 1. The van der Waals surface area contributed by atoms with E-state index in [-0.39, 0.29) is 10.8 Å². The van der Waals surface area contributed by atoms with Crippen molar-refractivity contribution in [1.29, 1.82) is 0 Å². The first-order valence-corrected chi connectivity index (χ1v) is 8.95. The minimum Gasteiger partial charge on any atom is -0.390 e. The SMILES string of the molecule is C[C@@]12CCC(=O)C=C1CC[C@H]1C2=CC[C@]2(C)[C@@H]1CC[C@@]2(C)O. The fourth-order valence-electron chi connectivity index (χ4n) is 6.09. The minimum absolute atomic E-state index is 0.0310. The van der Waals surface area contributed by atoms with Crippen LogP contribution in [0, 0.1) is 22.7 Å². The lowest BCUT2D eigenvalue weighted by molar-refractivity contribution is -0.115. The van der Waals surface area contributed by atoms with Crippen LogP contribution in [-0.2, 0) is 4.79 Å². The molecule has 0 heterocycles. The van der Waals surface area contributed by atoms with Crippen molar-refractivity contribution in [1.82, 2.24) is 0 Å². The van der Waals surface area contributed by atoms with Crippen LogP contribution in [0.5, 0.6) is 0 Å². The molecule has 0 amide bonds. The van der Waals surface area contributed by atoms with E-state index in [0.717, 1.165) is 38.5 Å². The van der Waals surface area contributed by atoms with Crippen LogP contribution in [0.15, 0.2) is 23.3 Å². The van der Waals surface area contributed by atoms with Crippen molar-refractivity contribution in [3.8, 4) is 0 Å². The lowest BCUT2D eigenvalue weighted by atomic mass is 9.51. The van der Waals surface area contributed by atoms with Crippen LogP contribution in [0.3, 0.4) is 0 Å². The molecule has 4 aliphatic rings. The lowest BCUT2D eigenvalue weighted by Crippen LogP contribution is -2.49. The van der Waals surface area contributed by atoms with Gasteiger partial charge in [-0.1, -0.05) is 31.1 Å². The van der Waals surface area contributed by atoms with Crippen LogP contribution in [0.1, 0.15) is 65.7 Å². The third-order valence-corrected chi connectivity index (χ3v) is 7.90. The van der Waals surface area contributed by atoms with E-state index in [1.165, 1.54) is 5.57 Å². The third-order valence-electron chi connectivity index (χ3n) is 7.90. The van der Waals surface area contributed by atoms with Crippen LogP contribution in [0.25, 0.3) is 0 Å². The molecule has 0 unspecified atom stereocenters. The Morgan fingerprint density at radius 1 is 1.14 bits per heavy atom. The van der Waals surface area contributed by atoms with Gasteiger partial charge in [-0.2, -0.15) is 0 Å². The summed E-state index contributed by atoms with van der Waals surface area (Å²) in [5.74, 6) is 1.54. The highest BCUT2D eigenvalue weighted by Crippen LogP contribution is 2.65. The van der Waals surface area contributed by atoms with E-state index in [2.05, 4.69) is 19.9 Å². The van der Waals surface area contributed by atoms with Gasteiger partial charge in [-0.3, -0.25) is 4.79 Å². The molecule has 0 radical (unpaired) electrons. The summed E-state index contributed by atoms with van der Waals surface area (Å²) in [6, 6.07) is 0. The number of aliphatic hydroxyl groups is 1. The molecule has 22 heavy (non-hydrogen) atoms. The van der Waals surface area contributed by atoms with Crippen molar-refractivity contribution in [3.63, 3.8) is 0 Å². The van der Waals surface area contributed by atoms with Crippen LogP contribution < -0.4 is 0 Å². The quantitative estimate of drug-likeness (QED) is 0.681. The molecule has 1 N–H and O–H groups in total. The average Bonchev–Trinajstić information content (AvgIpc) is 2.70. The molecule has 2 nitrogen and oxygen atoms in total. The average molecular weight is 300 g/mol. The molecule has 0 saturated heterocycles. The number of rotatable bonds is 0. The minimum atomic E-state index is -0.529. The maximum atomic E-state index is 11.8. The molecule has 2 heteroatoms. The Balaban J connectivity index is 1.77. The van der Waals surface area contributed by atoms with Crippen LogP contribution in [0.2, 0.25) is 0 Å². The Morgan fingerprint density at radius 2 is 1.91 bits per heavy atom. The second kappa shape index (κ2) is 4.35. The van der Waals surface area contributed by atoms with E-state index in [1.54, 1.807) is 5.57 Å². The molecule has 0 aliphatic heterocycles. The third kappa shape index (κ3) is 1.68. The zero-order valence-electron chi connectivity index (χ0n) is 14.1. The summed E-state index contributed by atoms with van der Waals surface area (Å²) in [6.07, 6.45) is 11.4.